The fourth-order valence-corrected chi connectivity index (χ4v) is 3.93. The Labute approximate surface area is 151 Å². The van der Waals surface area contributed by atoms with E-state index in [0.717, 1.165) is 56.8 Å². The van der Waals surface area contributed by atoms with Crippen molar-refractivity contribution in [1.82, 2.24) is 29.9 Å². The number of guanidine groups is 1. The lowest BCUT2D eigenvalue weighted by atomic mass is 10.1. The highest BCUT2D eigenvalue weighted by Gasteiger charge is 2.27. The Morgan fingerprint density at radius 2 is 2.12 bits per heavy atom. The Morgan fingerprint density at radius 1 is 1.28 bits per heavy atom. The van der Waals surface area contributed by atoms with Crippen LogP contribution in [-0.2, 0) is 13.0 Å². The zero-order chi connectivity index (χ0) is 17.5. The molecule has 0 aromatic carbocycles. The molecule has 3 rings (SSSR count). The molecule has 1 aromatic heterocycles. The summed E-state index contributed by atoms with van der Waals surface area (Å²) in [6.45, 7) is 12.9. The number of hydrogen-bond donors (Lipinski definition) is 1. The quantitative estimate of drug-likeness (QED) is 0.594. The van der Waals surface area contributed by atoms with Gasteiger partial charge in [-0.05, 0) is 45.2 Å². The molecule has 1 N–H and O–H groups in total. The van der Waals surface area contributed by atoms with Crippen molar-refractivity contribution < 1.29 is 0 Å². The summed E-state index contributed by atoms with van der Waals surface area (Å²) in [4.78, 5) is 9.93. The molecule has 1 atom stereocenters. The molecule has 0 spiro atoms. The first-order valence-corrected chi connectivity index (χ1v) is 9.92. The van der Waals surface area contributed by atoms with Crippen molar-refractivity contribution in [2.75, 3.05) is 45.8 Å². The van der Waals surface area contributed by atoms with Crippen molar-refractivity contribution in [3.05, 3.63) is 12.2 Å². The van der Waals surface area contributed by atoms with Crippen molar-refractivity contribution >= 4 is 5.96 Å². The number of aromatic nitrogens is 3. The van der Waals surface area contributed by atoms with E-state index in [2.05, 4.69) is 43.7 Å². The molecule has 2 fully saturated rings. The molecule has 2 aliphatic heterocycles. The van der Waals surface area contributed by atoms with E-state index in [-0.39, 0.29) is 0 Å². The Kier molecular flexibility index (Phi) is 6.67. The maximum atomic E-state index is 4.85. The van der Waals surface area contributed by atoms with Crippen molar-refractivity contribution in [2.45, 2.75) is 46.1 Å². The van der Waals surface area contributed by atoms with Crippen molar-refractivity contribution in [3.63, 3.8) is 0 Å². The molecule has 7 heteroatoms. The first-order valence-electron chi connectivity index (χ1n) is 9.92. The molecule has 1 aromatic rings. The van der Waals surface area contributed by atoms with Crippen LogP contribution in [0.5, 0.6) is 0 Å². The van der Waals surface area contributed by atoms with Gasteiger partial charge in [-0.1, -0.05) is 6.92 Å². The van der Waals surface area contributed by atoms with Gasteiger partial charge in [-0.25, -0.2) is 0 Å². The van der Waals surface area contributed by atoms with Gasteiger partial charge in [-0.15, -0.1) is 10.2 Å². The van der Waals surface area contributed by atoms with Crippen LogP contribution < -0.4 is 5.32 Å². The van der Waals surface area contributed by atoms with Gasteiger partial charge in [-0.3, -0.25) is 4.99 Å². The van der Waals surface area contributed by atoms with Gasteiger partial charge < -0.3 is 19.7 Å². The summed E-state index contributed by atoms with van der Waals surface area (Å²) in [5.74, 6) is 2.89. The molecule has 2 saturated heterocycles. The molecular weight excluding hydrogens is 314 g/mol. The largest absolute Gasteiger partial charge is 0.357 e. The standard InChI is InChI=1S/C18H33N7/c1-3-17-22-21-15-25(17)12-8-20-18(19-4-2)24-11-7-16(14-24)13-23-9-5-6-10-23/h15-16H,3-14H2,1-2H3,(H,19,20). The molecule has 140 valence electrons. The normalized spacial score (nSPS) is 22.1. The van der Waals surface area contributed by atoms with E-state index in [1.54, 1.807) is 0 Å². The van der Waals surface area contributed by atoms with Gasteiger partial charge in [0.15, 0.2) is 5.96 Å². The summed E-state index contributed by atoms with van der Waals surface area (Å²) >= 11 is 0. The Hall–Kier alpha value is -1.63. The number of likely N-dealkylation sites (tertiary alicyclic amines) is 2. The van der Waals surface area contributed by atoms with Crippen molar-refractivity contribution in [3.8, 4) is 0 Å². The van der Waals surface area contributed by atoms with Crippen LogP contribution in [0.4, 0.5) is 0 Å². The van der Waals surface area contributed by atoms with E-state index in [4.69, 9.17) is 4.99 Å². The molecule has 0 saturated carbocycles. The van der Waals surface area contributed by atoms with Gasteiger partial charge >= 0.3 is 0 Å². The van der Waals surface area contributed by atoms with E-state index in [9.17, 15) is 0 Å². The topological polar surface area (TPSA) is 61.6 Å². The van der Waals surface area contributed by atoms with E-state index < -0.39 is 0 Å². The van der Waals surface area contributed by atoms with Gasteiger partial charge in [0, 0.05) is 39.1 Å². The van der Waals surface area contributed by atoms with Gasteiger partial charge in [0.2, 0.25) is 0 Å². The van der Waals surface area contributed by atoms with Gasteiger partial charge in [0.25, 0.3) is 0 Å². The number of nitrogens with zero attached hydrogens (tertiary/aromatic N) is 6. The minimum absolute atomic E-state index is 0.765. The smallest absolute Gasteiger partial charge is 0.193 e. The summed E-state index contributed by atoms with van der Waals surface area (Å²) in [5.41, 5.74) is 0. The summed E-state index contributed by atoms with van der Waals surface area (Å²) in [6.07, 6.45) is 6.76. The van der Waals surface area contributed by atoms with Crippen molar-refractivity contribution in [2.24, 2.45) is 10.9 Å². The van der Waals surface area contributed by atoms with E-state index >= 15 is 0 Å². The van der Waals surface area contributed by atoms with Gasteiger partial charge in [-0.2, -0.15) is 0 Å². The first kappa shape index (κ1) is 18.2. The van der Waals surface area contributed by atoms with Crippen LogP contribution in [-0.4, -0.2) is 76.3 Å². The molecular formula is C18H33N7. The van der Waals surface area contributed by atoms with E-state index in [1.165, 1.54) is 38.9 Å². The Balaban J connectivity index is 1.51. The van der Waals surface area contributed by atoms with E-state index in [1.807, 2.05) is 6.33 Å². The molecule has 1 unspecified atom stereocenters. The lowest BCUT2D eigenvalue weighted by molar-refractivity contribution is 0.281. The van der Waals surface area contributed by atoms with Crippen LogP contribution >= 0.6 is 0 Å². The minimum atomic E-state index is 0.765. The summed E-state index contributed by atoms with van der Waals surface area (Å²) in [5, 5.41) is 11.6. The molecule has 7 nitrogen and oxygen atoms in total. The van der Waals surface area contributed by atoms with Gasteiger partial charge in [0.1, 0.15) is 12.2 Å². The average molecular weight is 348 g/mol. The van der Waals surface area contributed by atoms with Crippen LogP contribution in [0.3, 0.4) is 0 Å². The second-order valence-corrected chi connectivity index (χ2v) is 7.14. The third-order valence-corrected chi connectivity index (χ3v) is 5.25. The van der Waals surface area contributed by atoms with Crippen LogP contribution in [0.25, 0.3) is 0 Å². The van der Waals surface area contributed by atoms with Crippen molar-refractivity contribution in [1.29, 1.82) is 0 Å². The van der Waals surface area contributed by atoms with Crippen LogP contribution in [0.1, 0.15) is 38.9 Å². The fraction of sp³-hybridized carbons (Fsp3) is 0.833. The van der Waals surface area contributed by atoms with Crippen LogP contribution in [0, 0.1) is 5.92 Å². The predicted molar refractivity (Wildman–Crippen MR) is 101 cm³/mol. The number of aliphatic imine (C=N–C) groups is 1. The summed E-state index contributed by atoms with van der Waals surface area (Å²) in [7, 11) is 0. The Bertz CT molecular complexity index is 547. The molecule has 0 amide bonds. The first-order chi connectivity index (χ1) is 12.3. The Morgan fingerprint density at radius 3 is 2.88 bits per heavy atom. The number of hydrogen-bond acceptors (Lipinski definition) is 4. The third kappa shape index (κ3) is 4.93. The highest BCUT2D eigenvalue weighted by atomic mass is 15.3. The third-order valence-electron chi connectivity index (χ3n) is 5.25. The highest BCUT2D eigenvalue weighted by Crippen LogP contribution is 2.20. The molecule has 2 aliphatic rings. The van der Waals surface area contributed by atoms with Crippen LogP contribution in [0.2, 0.25) is 0 Å². The number of rotatable bonds is 7. The molecule has 0 bridgehead atoms. The number of aryl methyl sites for hydroxylation is 1. The maximum Gasteiger partial charge on any atom is 0.193 e. The molecule has 25 heavy (non-hydrogen) atoms. The highest BCUT2D eigenvalue weighted by molar-refractivity contribution is 5.80. The molecule has 3 heterocycles. The van der Waals surface area contributed by atoms with Gasteiger partial charge in [0.05, 0.1) is 6.54 Å². The summed E-state index contributed by atoms with van der Waals surface area (Å²) in [6, 6.07) is 0. The molecule has 0 radical (unpaired) electrons. The molecule has 0 aliphatic carbocycles. The maximum absolute atomic E-state index is 4.85. The SMILES string of the molecule is CCNC(=NCCn1cnnc1CC)N1CCC(CN2CCCC2)C1. The monoisotopic (exact) mass is 347 g/mol. The lowest BCUT2D eigenvalue weighted by Crippen LogP contribution is -2.41. The number of nitrogens with one attached hydrogen (secondary N) is 1. The second kappa shape index (κ2) is 9.17. The fourth-order valence-electron chi connectivity index (χ4n) is 3.93. The predicted octanol–water partition coefficient (Wildman–Crippen LogP) is 1.22. The summed E-state index contributed by atoms with van der Waals surface area (Å²) < 4.78 is 2.10. The van der Waals surface area contributed by atoms with Crippen LogP contribution in [0.15, 0.2) is 11.3 Å². The minimum Gasteiger partial charge on any atom is -0.357 e. The van der Waals surface area contributed by atoms with E-state index in [0.29, 0.717) is 0 Å². The zero-order valence-electron chi connectivity index (χ0n) is 15.8. The second-order valence-electron chi connectivity index (χ2n) is 7.14. The lowest BCUT2D eigenvalue weighted by Gasteiger charge is -2.23. The average Bonchev–Trinajstić information content (AvgIpc) is 3.36. The zero-order valence-corrected chi connectivity index (χ0v) is 15.8.